The second-order valence-electron chi connectivity index (χ2n) is 5.31. The lowest BCUT2D eigenvalue weighted by atomic mass is 10.1. The summed E-state index contributed by atoms with van der Waals surface area (Å²) in [5.74, 6) is 1.12. The van der Waals surface area contributed by atoms with Crippen LogP contribution in [-0.2, 0) is 16.6 Å². The van der Waals surface area contributed by atoms with Crippen LogP contribution in [0.15, 0.2) is 11.1 Å². The van der Waals surface area contributed by atoms with Crippen molar-refractivity contribution in [1.29, 1.82) is 0 Å². The first-order valence-electron chi connectivity index (χ1n) is 6.76. The lowest BCUT2D eigenvalue weighted by molar-refractivity contribution is 0.492. The Bertz CT molecular complexity index is 534. The molecule has 0 aliphatic heterocycles. The van der Waals surface area contributed by atoms with Gasteiger partial charge in [-0.15, -0.1) is 0 Å². The van der Waals surface area contributed by atoms with Gasteiger partial charge in [-0.3, -0.25) is 4.68 Å². The quantitative estimate of drug-likeness (QED) is 0.788. The SMILES string of the molecule is CCCn1cc(S(=O)(=O)NCC(C)C2CC2)c(N)n1. The molecule has 0 aromatic carbocycles. The van der Waals surface area contributed by atoms with Crippen molar-refractivity contribution in [2.45, 2.75) is 44.6 Å². The molecule has 1 heterocycles. The number of aryl methyl sites for hydroxylation is 1. The highest BCUT2D eigenvalue weighted by atomic mass is 32.2. The maximum atomic E-state index is 12.2. The van der Waals surface area contributed by atoms with Crippen LogP contribution in [0.3, 0.4) is 0 Å². The van der Waals surface area contributed by atoms with Gasteiger partial charge in [0, 0.05) is 19.3 Å². The summed E-state index contributed by atoms with van der Waals surface area (Å²) in [5.41, 5.74) is 5.69. The number of nitrogens with two attached hydrogens (primary N) is 1. The molecule has 108 valence electrons. The molecule has 1 fully saturated rings. The van der Waals surface area contributed by atoms with Crippen LogP contribution in [-0.4, -0.2) is 24.7 Å². The lowest BCUT2D eigenvalue weighted by Gasteiger charge is -2.11. The van der Waals surface area contributed by atoms with Crippen LogP contribution in [0.4, 0.5) is 5.82 Å². The third-order valence-corrected chi connectivity index (χ3v) is 4.96. The number of aromatic nitrogens is 2. The zero-order valence-corrected chi connectivity index (χ0v) is 12.3. The van der Waals surface area contributed by atoms with E-state index in [9.17, 15) is 8.42 Å². The maximum Gasteiger partial charge on any atom is 0.245 e. The fourth-order valence-electron chi connectivity index (χ4n) is 2.12. The minimum absolute atomic E-state index is 0.0695. The van der Waals surface area contributed by atoms with E-state index in [0.29, 0.717) is 24.9 Å². The molecule has 0 spiro atoms. The summed E-state index contributed by atoms with van der Waals surface area (Å²) in [6, 6.07) is 0. The molecule has 6 nitrogen and oxygen atoms in total. The van der Waals surface area contributed by atoms with Crippen molar-refractivity contribution >= 4 is 15.8 Å². The van der Waals surface area contributed by atoms with Crippen molar-refractivity contribution in [3.8, 4) is 0 Å². The van der Waals surface area contributed by atoms with Crippen LogP contribution in [0, 0.1) is 11.8 Å². The van der Waals surface area contributed by atoms with E-state index in [-0.39, 0.29) is 10.7 Å². The van der Waals surface area contributed by atoms with Gasteiger partial charge < -0.3 is 5.73 Å². The first-order valence-corrected chi connectivity index (χ1v) is 8.25. The number of nitrogens with one attached hydrogen (secondary N) is 1. The largest absolute Gasteiger partial charge is 0.381 e. The minimum atomic E-state index is -3.55. The van der Waals surface area contributed by atoms with Gasteiger partial charge >= 0.3 is 0 Å². The van der Waals surface area contributed by atoms with Crippen LogP contribution < -0.4 is 10.5 Å². The zero-order chi connectivity index (χ0) is 14.0. The number of hydrogen-bond donors (Lipinski definition) is 2. The number of nitrogens with zero attached hydrogens (tertiary/aromatic N) is 2. The Balaban J connectivity index is 2.05. The summed E-state index contributed by atoms with van der Waals surface area (Å²) < 4.78 is 28.6. The second-order valence-corrected chi connectivity index (χ2v) is 7.04. The van der Waals surface area contributed by atoms with Gasteiger partial charge in [-0.05, 0) is 31.1 Å². The predicted octanol–water partition coefficient (Wildman–Crippen LogP) is 1.20. The Labute approximate surface area is 114 Å². The fourth-order valence-corrected chi connectivity index (χ4v) is 3.33. The molecular weight excluding hydrogens is 264 g/mol. The first kappa shape index (κ1) is 14.3. The highest BCUT2D eigenvalue weighted by Crippen LogP contribution is 2.36. The molecule has 0 saturated heterocycles. The average molecular weight is 286 g/mol. The molecule has 0 amide bonds. The minimum Gasteiger partial charge on any atom is -0.381 e. The zero-order valence-electron chi connectivity index (χ0n) is 11.5. The predicted molar refractivity (Wildman–Crippen MR) is 74.0 cm³/mol. The van der Waals surface area contributed by atoms with E-state index in [4.69, 9.17) is 5.73 Å². The second kappa shape index (κ2) is 5.50. The Morgan fingerprint density at radius 1 is 1.58 bits per heavy atom. The summed E-state index contributed by atoms with van der Waals surface area (Å²) in [7, 11) is -3.55. The van der Waals surface area contributed by atoms with Crippen molar-refractivity contribution in [3.63, 3.8) is 0 Å². The number of rotatable bonds is 7. The van der Waals surface area contributed by atoms with Gasteiger partial charge in [-0.25, -0.2) is 13.1 Å². The summed E-state index contributed by atoms with van der Waals surface area (Å²) in [6.07, 6.45) is 4.80. The monoisotopic (exact) mass is 286 g/mol. The van der Waals surface area contributed by atoms with Crippen LogP contribution in [0.5, 0.6) is 0 Å². The first-order chi connectivity index (χ1) is 8.94. The van der Waals surface area contributed by atoms with E-state index in [2.05, 4.69) is 16.7 Å². The van der Waals surface area contributed by atoms with Gasteiger partial charge in [0.05, 0.1) is 0 Å². The van der Waals surface area contributed by atoms with E-state index < -0.39 is 10.0 Å². The highest BCUT2D eigenvalue weighted by Gasteiger charge is 2.29. The van der Waals surface area contributed by atoms with Crippen LogP contribution in [0.2, 0.25) is 0 Å². The average Bonchev–Trinajstić information content (AvgIpc) is 3.12. The molecule has 1 unspecified atom stereocenters. The number of nitrogen functional groups attached to an aromatic ring is 1. The maximum absolute atomic E-state index is 12.2. The molecule has 1 saturated carbocycles. The molecular formula is C12H22N4O2S. The number of hydrogen-bond acceptors (Lipinski definition) is 4. The molecule has 1 aromatic heterocycles. The number of anilines is 1. The van der Waals surface area contributed by atoms with Crippen LogP contribution >= 0.6 is 0 Å². The van der Waals surface area contributed by atoms with Crippen molar-refractivity contribution in [3.05, 3.63) is 6.20 Å². The summed E-state index contributed by atoms with van der Waals surface area (Å²) in [4.78, 5) is 0.0870. The molecule has 3 N–H and O–H groups in total. The van der Waals surface area contributed by atoms with Gasteiger partial charge in [-0.2, -0.15) is 5.10 Å². The van der Waals surface area contributed by atoms with Gasteiger partial charge in [0.1, 0.15) is 4.90 Å². The molecule has 7 heteroatoms. The molecule has 19 heavy (non-hydrogen) atoms. The van der Waals surface area contributed by atoms with E-state index in [0.717, 1.165) is 6.42 Å². The van der Waals surface area contributed by atoms with Crippen molar-refractivity contribution < 1.29 is 8.42 Å². The molecule has 1 atom stereocenters. The van der Waals surface area contributed by atoms with E-state index >= 15 is 0 Å². The molecule has 1 aliphatic rings. The molecule has 0 radical (unpaired) electrons. The van der Waals surface area contributed by atoms with E-state index in [1.165, 1.54) is 19.0 Å². The summed E-state index contributed by atoms with van der Waals surface area (Å²) in [6.45, 7) is 5.20. The Morgan fingerprint density at radius 2 is 2.26 bits per heavy atom. The standard InChI is InChI=1S/C12H22N4O2S/c1-3-6-16-8-11(12(13)15-16)19(17,18)14-7-9(2)10-4-5-10/h8-10,14H,3-7H2,1-2H3,(H2,13,15). The topological polar surface area (TPSA) is 90.0 Å². The van der Waals surface area contributed by atoms with Crippen LogP contribution in [0.1, 0.15) is 33.1 Å². The smallest absolute Gasteiger partial charge is 0.245 e. The normalized spacial score (nSPS) is 17.6. The summed E-state index contributed by atoms with van der Waals surface area (Å²) >= 11 is 0. The van der Waals surface area contributed by atoms with E-state index in [1.807, 2.05) is 6.92 Å². The fraction of sp³-hybridized carbons (Fsp3) is 0.750. The Kier molecular flexibility index (Phi) is 4.15. The third-order valence-electron chi connectivity index (χ3n) is 3.52. The number of sulfonamides is 1. The van der Waals surface area contributed by atoms with Crippen molar-refractivity contribution in [2.24, 2.45) is 11.8 Å². The Hall–Kier alpha value is -1.08. The van der Waals surface area contributed by atoms with Gasteiger partial charge in [0.25, 0.3) is 0 Å². The van der Waals surface area contributed by atoms with Crippen molar-refractivity contribution in [1.82, 2.24) is 14.5 Å². The molecule has 0 bridgehead atoms. The molecule has 1 aromatic rings. The van der Waals surface area contributed by atoms with Gasteiger partial charge in [0.15, 0.2) is 5.82 Å². The van der Waals surface area contributed by atoms with Crippen molar-refractivity contribution in [2.75, 3.05) is 12.3 Å². The Morgan fingerprint density at radius 3 is 2.84 bits per heavy atom. The van der Waals surface area contributed by atoms with E-state index in [1.54, 1.807) is 4.68 Å². The van der Waals surface area contributed by atoms with Gasteiger partial charge in [0.2, 0.25) is 10.0 Å². The molecule has 1 aliphatic carbocycles. The lowest BCUT2D eigenvalue weighted by Crippen LogP contribution is -2.29. The van der Waals surface area contributed by atoms with Crippen LogP contribution in [0.25, 0.3) is 0 Å². The summed E-state index contributed by atoms with van der Waals surface area (Å²) in [5, 5.41) is 4.02. The van der Waals surface area contributed by atoms with Gasteiger partial charge in [-0.1, -0.05) is 13.8 Å². The highest BCUT2D eigenvalue weighted by molar-refractivity contribution is 7.89. The molecule has 2 rings (SSSR count). The third kappa shape index (κ3) is 3.48.